The van der Waals surface area contributed by atoms with Gasteiger partial charge in [-0.3, -0.25) is 0 Å². The third kappa shape index (κ3) is 2.45. The minimum atomic E-state index is -0.523. The highest BCUT2D eigenvalue weighted by Gasteiger charge is 2.13. The molecule has 1 N–H and O–H groups in total. The van der Waals surface area contributed by atoms with Crippen LogP contribution in [0.4, 0.5) is 11.5 Å². The zero-order valence-electron chi connectivity index (χ0n) is 10.0. The zero-order valence-corrected chi connectivity index (χ0v) is 10.0. The van der Waals surface area contributed by atoms with E-state index in [1.54, 1.807) is 13.1 Å². The number of hydrogen-bond acceptors (Lipinski definition) is 3. The molecule has 0 aliphatic carbocycles. The summed E-state index contributed by atoms with van der Waals surface area (Å²) in [7, 11) is 1.95. The number of nitrogens with zero attached hydrogens (tertiary/aromatic N) is 2. The van der Waals surface area contributed by atoms with E-state index in [1.807, 2.05) is 54.4 Å². The highest BCUT2D eigenvalue weighted by Crippen LogP contribution is 2.28. The molecule has 0 spiro atoms. The van der Waals surface area contributed by atoms with Gasteiger partial charge in [0.2, 0.25) is 0 Å². The summed E-state index contributed by atoms with van der Waals surface area (Å²) in [6.45, 7) is 1.75. The van der Waals surface area contributed by atoms with Gasteiger partial charge in [-0.05, 0) is 25.1 Å². The van der Waals surface area contributed by atoms with Crippen LogP contribution in [0.5, 0.6) is 0 Å². The largest absolute Gasteiger partial charge is 0.389 e. The molecule has 1 aromatic heterocycles. The highest BCUT2D eigenvalue weighted by atomic mass is 16.3. The summed E-state index contributed by atoms with van der Waals surface area (Å²) in [6.07, 6.45) is 1.21. The van der Waals surface area contributed by atoms with Crippen molar-refractivity contribution in [2.45, 2.75) is 13.0 Å². The lowest BCUT2D eigenvalue weighted by Gasteiger charge is -2.22. The second-order valence-electron chi connectivity index (χ2n) is 3.99. The van der Waals surface area contributed by atoms with Gasteiger partial charge in [-0.25, -0.2) is 4.98 Å². The van der Waals surface area contributed by atoms with Crippen molar-refractivity contribution < 1.29 is 5.11 Å². The first-order chi connectivity index (χ1) is 8.20. The summed E-state index contributed by atoms with van der Waals surface area (Å²) >= 11 is 0. The number of anilines is 2. The molecule has 1 atom stereocenters. The Labute approximate surface area is 101 Å². The molecule has 0 fully saturated rings. The fourth-order valence-corrected chi connectivity index (χ4v) is 1.79. The lowest BCUT2D eigenvalue weighted by molar-refractivity contribution is 0.199. The van der Waals surface area contributed by atoms with Crippen molar-refractivity contribution in [1.29, 1.82) is 0 Å². The van der Waals surface area contributed by atoms with Gasteiger partial charge in [-0.15, -0.1) is 0 Å². The molecule has 3 nitrogen and oxygen atoms in total. The normalized spacial score (nSPS) is 12.2. The lowest BCUT2D eigenvalue weighted by atomic mass is 10.1. The number of hydrogen-bond donors (Lipinski definition) is 1. The molecule has 0 saturated carbocycles. The van der Waals surface area contributed by atoms with Crippen molar-refractivity contribution in [3.8, 4) is 0 Å². The van der Waals surface area contributed by atoms with E-state index in [2.05, 4.69) is 4.98 Å². The van der Waals surface area contributed by atoms with E-state index in [4.69, 9.17) is 0 Å². The Bertz CT molecular complexity index is 483. The molecule has 2 aromatic rings. The van der Waals surface area contributed by atoms with E-state index in [0.717, 1.165) is 17.1 Å². The summed E-state index contributed by atoms with van der Waals surface area (Å²) in [5.74, 6) is 0.786. The Balaban J connectivity index is 2.41. The molecule has 0 unspecified atom stereocenters. The molecule has 1 heterocycles. The molecule has 0 saturated heterocycles. The molecule has 0 amide bonds. The van der Waals surface area contributed by atoms with Crippen LogP contribution in [0, 0.1) is 0 Å². The predicted octanol–water partition coefficient (Wildman–Crippen LogP) is 2.90. The molecule has 2 rings (SSSR count). The standard InChI is InChI=1S/C14H16N2O/c1-11(17)13-9-6-10-15-14(13)16(2)12-7-4-3-5-8-12/h3-11,17H,1-2H3/t11-/m1/s1. The Kier molecular flexibility index (Phi) is 3.40. The summed E-state index contributed by atoms with van der Waals surface area (Å²) in [4.78, 5) is 6.32. The summed E-state index contributed by atoms with van der Waals surface area (Å²) < 4.78 is 0. The molecule has 0 aliphatic rings. The van der Waals surface area contributed by atoms with E-state index in [1.165, 1.54) is 0 Å². The maximum atomic E-state index is 9.73. The van der Waals surface area contributed by atoms with Gasteiger partial charge in [0.15, 0.2) is 0 Å². The van der Waals surface area contributed by atoms with Gasteiger partial charge in [-0.2, -0.15) is 0 Å². The van der Waals surface area contributed by atoms with Crippen molar-refractivity contribution in [1.82, 2.24) is 4.98 Å². The smallest absolute Gasteiger partial charge is 0.138 e. The van der Waals surface area contributed by atoms with Gasteiger partial charge in [0.25, 0.3) is 0 Å². The van der Waals surface area contributed by atoms with Crippen LogP contribution in [0.15, 0.2) is 48.7 Å². The van der Waals surface area contributed by atoms with E-state index >= 15 is 0 Å². The summed E-state index contributed by atoms with van der Waals surface area (Å²) in [6, 6.07) is 13.7. The number of para-hydroxylation sites is 1. The third-order valence-corrected chi connectivity index (χ3v) is 2.73. The van der Waals surface area contributed by atoms with E-state index in [-0.39, 0.29) is 0 Å². The fraction of sp³-hybridized carbons (Fsp3) is 0.214. The number of aliphatic hydroxyl groups excluding tert-OH is 1. The van der Waals surface area contributed by atoms with Crippen LogP contribution >= 0.6 is 0 Å². The molecule has 3 heteroatoms. The first-order valence-corrected chi connectivity index (χ1v) is 5.62. The molecule has 1 aromatic carbocycles. The van der Waals surface area contributed by atoms with Crippen molar-refractivity contribution in [3.63, 3.8) is 0 Å². The Morgan fingerprint density at radius 3 is 2.47 bits per heavy atom. The Hall–Kier alpha value is -1.87. The van der Waals surface area contributed by atoms with Gasteiger partial charge in [-0.1, -0.05) is 24.3 Å². The van der Waals surface area contributed by atoms with E-state index in [9.17, 15) is 5.11 Å². The highest BCUT2D eigenvalue weighted by molar-refractivity contribution is 5.62. The van der Waals surface area contributed by atoms with E-state index in [0.29, 0.717) is 0 Å². The van der Waals surface area contributed by atoms with Gasteiger partial charge < -0.3 is 10.0 Å². The zero-order chi connectivity index (χ0) is 12.3. The number of pyridine rings is 1. The first-order valence-electron chi connectivity index (χ1n) is 5.62. The predicted molar refractivity (Wildman–Crippen MR) is 69.4 cm³/mol. The van der Waals surface area contributed by atoms with Crippen LogP contribution in [0.25, 0.3) is 0 Å². The van der Waals surface area contributed by atoms with Gasteiger partial charge in [0.05, 0.1) is 6.10 Å². The molecule has 0 bridgehead atoms. The Morgan fingerprint density at radius 2 is 1.82 bits per heavy atom. The average molecular weight is 228 g/mol. The van der Waals surface area contributed by atoms with Gasteiger partial charge >= 0.3 is 0 Å². The van der Waals surface area contributed by atoms with Crippen LogP contribution in [0.1, 0.15) is 18.6 Å². The van der Waals surface area contributed by atoms with Crippen LogP contribution in [-0.4, -0.2) is 17.1 Å². The SMILES string of the molecule is C[C@@H](O)c1cccnc1N(C)c1ccccc1. The van der Waals surface area contributed by atoms with Gasteiger partial charge in [0, 0.05) is 24.5 Å². The second-order valence-corrected chi connectivity index (χ2v) is 3.99. The average Bonchev–Trinajstić information content (AvgIpc) is 2.39. The fourth-order valence-electron chi connectivity index (χ4n) is 1.79. The van der Waals surface area contributed by atoms with Crippen LogP contribution in [0.3, 0.4) is 0 Å². The van der Waals surface area contributed by atoms with Crippen molar-refractivity contribution in [2.75, 3.05) is 11.9 Å². The van der Waals surface area contributed by atoms with Crippen LogP contribution in [0.2, 0.25) is 0 Å². The lowest BCUT2D eigenvalue weighted by Crippen LogP contribution is -2.14. The maximum Gasteiger partial charge on any atom is 0.138 e. The summed E-state index contributed by atoms with van der Waals surface area (Å²) in [5, 5.41) is 9.73. The molecule has 17 heavy (non-hydrogen) atoms. The van der Waals surface area contributed by atoms with E-state index < -0.39 is 6.10 Å². The molecule has 88 valence electrons. The van der Waals surface area contributed by atoms with Crippen molar-refractivity contribution >= 4 is 11.5 Å². The first kappa shape index (κ1) is 11.6. The minimum absolute atomic E-state index is 0.523. The maximum absolute atomic E-state index is 9.73. The number of benzene rings is 1. The summed E-state index contributed by atoms with van der Waals surface area (Å²) in [5.41, 5.74) is 1.88. The topological polar surface area (TPSA) is 36.4 Å². The van der Waals surface area contributed by atoms with Crippen molar-refractivity contribution in [3.05, 3.63) is 54.2 Å². The second kappa shape index (κ2) is 4.97. The molecular weight excluding hydrogens is 212 g/mol. The third-order valence-electron chi connectivity index (χ3n) is 2.73. The molecule has 0 aliphatic heterocycles. The van der Waals surface area contributed by atoms with Crippen LogP contribution in [-0.2, 0) is 0 Å². The Morgan fingerprint density at radius 1 is 1.12 bits per heavy atom. The molecule has 0 radical (unpaired) electrons. The van der Waals surface area contributed by atoms with Crippen molar-refractivity contribution in [2.24, 2.45) is 0 Å². The van der Waals surface area contributed by atoms with Gasteiger partial charge in [0.1, 0.15) is 5.82 Å². The number of aromatic nitrogens is 1. The molecular formula is C14H16N2O. The van der Waals surface area contributed by atoms with Crippen LogP contribution < -0.4 is 4.90 Å². The number of rotatable bonds is 3. The quantitative estimate of drug-likeness (QED) is 0.877. The number of aliphatic hydroxyl groups is 1. The minimum Gasteiger partial charge on any atom is -0.389 e. The monoisotopic (exact) mass is 228 g/mol.